The summed E-state index contributed by atoms with van der Waals surface area (Å²) >= 11 is 0. The number of piperazine rings is 1. The van der Waals surface area contributed by atoms with Gasteiger partial charge < -0.3 is 15.3 Å². The normalized spacial score (nSPS) is 18.8. The third-order valence-corrected chi connectivity index (χ3v) is 3.90. The second-order valence-electron chi connectivity index (χ2n) is 5.51. The van der Waals surface area contributed by atoms with Crippen LogP contribution >= 0.6 is 0 Å². The lowest BCUT2D eigenvalue weighted by molar-refractivity contribution is -0.138. The lowest BCUT2D eigenvalue weighted by atomic mass is 10.1. The predicted octanol–water partition coefficient (Wildman–Crippen LogP) is -0.172. The van der Waals surface area contributed by atoms with E-state index >= 15 is 0 Å². The monoisotopic (exact) mass is 305 g/mol. The number of carbonyl (C=O) groups is 2. The van der Waals surface area contributed by atoms with Gasteiger partial charge in [0.1, 0.15) is 0 Å². The van der Waals surface area contributed by atoms with E-state index in [1.165, 1.54) is 4.90 Å². The number of aliphatic hydroxyl groups excluding tert-OH is 1. The molecule has 6 nitrogen and oxygen atoms in total. The second kappa shape index (κ2) is 7.91. The maximum Gasteiger partial charge on any atom is 0.237 e. The van der Waals surface area contributed by atoms with Crippen molar-refractivity contribution in [1.29, 1.82) is 0 Å². The maximum atomic E-state index is 12.2. The van der Waals surface area contributed by atoms with E-state index in [4.69, 9.17) is 5.11 Å². The summed E-state index contributed by atoms with van der Waals surface area (Å²) in [5.74, 6) is -0.234. The second-order valence-corrected chi connectivity index (χ2v) is 5.51. The summed E-state index contributed by atoms with van der Waals surface area (Å²) in [6.45, 7) is 2.18. The molecule has 1 aliphatic rings. The molecular weight excluding hydrogens is 282 g/mol. The fourth-order valence-corrected chi connectivity index (χ4v) is 2.59. The van der Waals surface area contributed by atoms with Crippen LogP contribution < -0.4 is 5.32 Å². The van der Waals surface area contributed by atoms with Crippen molar-refractivity contribution in [3.05, 3.63) is 35.9 Å². The third kappa shape index (κ3) is 4.29. The van der Waals surface area contributed by atoms with Gasteiger partial charge in [0.05, 0.1) is 19.1 Å². The number of aliphatic hydroxyl groups is 1. The highest BCUT2D eigenvalue weighted by Crippen LogP contribution is 2.14. The Labute approximate surface area is 130 Å². The Morgan fingerprint density at radius 1 is 1.41 bits per heavy atom. The van der Waals surface area contributed by atoms with Gasteiger partial charge in [0.15, 0.2) is 0 Å². The molecule has 0 saturated carbocycles. The smallest absolute Gasteiger partial charge is 0.237 e. The lowest BCUT2D eigenvalue weighted by Gasteiger charge is -2.35. The molecule has 1 atom stereocenters. The molecule has 1 saturated heterocycles. The number of nitrogens with one attached hydrogen (secondary N) is 1. The fourth-order valence-electron chi connectivity index (χ4n) is 2.59. The highest BCUT2D eigenvalue weighted by molar-refractivity contribution is 5.88. The molecule has 6 heteroatoms. The summed E-state index contributed by atoms with van der Waals surface area (Å²) < 4.78 is 0. The third-order valence-electron chi connectivity index (χ3n) is 3.90. The molecule has 0 unspecified atom stereocenters. The van der Waals surface area contributed by atoms with Crippen LogP contribution in [0.25, 0.3) is 0 Å². The molecule has 1 aliphatic heterocycles. The van der Waals surface area contributed by atoms with Gasteiger partial charge >= 0.3 is 0 Å². The van der Waals surface area contributed by atoms with Crippen molar-refractivity contribution in [2.45, 2.75) is 19.0 Å². The average molecular weight is 305 g/mol. The fraction of sp³-hybridized carbons (Fsp3) is 0.500. The highest BCUT2D eigenvalue weighted by Gasteiger charge is 2.32. The average Bonchev–Trinajstić information content (AvgIpc) is 2.52. The quantitative estimate of drug-likeness (QED) is 0.765. The minimum absolute atomic E-state index is 0.0766. The molecule has 0 aliphatic carbocycles. The van der Waals surface area contributed by atoms with Gasteiger partial charge in [-0.1, -0.05) is 30.3 Å². The van der Waals surface area contributed by atoms with Crippen LogP contribution in [-0.2, 0) is 16.1 Å². The van der Waals surface area contributed by atoms with Crippen molar-refractivity contribution in [2.24, 2.45) is 0 Å². The van der Waals surface area contributed by atoms with Crippen molar-refractivity contribution in [2.75, 3.05) is 33.3 Å². The largest absolute Gasteiger partial charge is 0.395 e. The number of carbonyl (C=O) groups excluding carboxylic acids is 2. The van der Waals surface area contributed by atoms with Crippen molar-refractivity contribution < 1.29 is 14.7 Å². The summed E-state index contributed by atoms with van der Waals surface area (Å²) in [6.07, 6.45) is 0.134. The van der Waals surface area contributed by atoms with Crippen molar-refractivity contribution in [3.8, 4) is 0 Å². The summed E-state index contributed by atoms with van der Waals surface area (Å²) in [5, 5.41) is 11.7. The summed E-state index contributed by atoms with van der Waals surface area (Å²) in [4.78, 5) is 27.8. The van der Waals surface area contributed by atoms with Gasteiger partial charge in [0, 0.05) is 33.2 Å². The lowest BCUT2D eigenvalue weighted by Crippen LogP contribution is -2.56. The molecule has 1 aromatic carbocycles. The number of hydrogen-bond acceptors (Lipinski definition) is 4. The first-order chi connectivity index (χ1) is 10.6. The van der Waals surface area contributed by atoms with Crippen molar-refractivity contribution in [3.63, 3.8) is 0 Å². The van der Waals surface area contributed by atoms with Crippen LogP contribution in [0, 0.1) is 0 Å². The Balaban J connectivity index is 2.03. The molecule has 0 radical (unpaired) electrons. The van der Waals surface area contributed by atoms with Crippen LogP contribution in [-0.4, -0.2) is 66.1 Å². The van der Waals surface area contributed by atoms with Crippen LogP contribution in [0.15, 0.2) is 30.3 Å². The van der Waals surface area contributed by atoms with E-state index in [0.29, 0.717) is 13.1 Å². The molecule has 1 heterocycles. The molecule has 120 valence electrons. The van der Waals surface area contributed by atoms with E-state index in [-0.39, 0.29) is 31.4 Å². The van der Waals surface area contributed by atoms with E-state index in [2.05, 4.69) is 5.32 Å². The maximum absolute atomic E-state index is 12.2. The summed E-state index contributed by atoms with van der Waals surface area (Å²) in [7, 11) is 1.64. The van der Waals surface area contributed by atoms with Gasteiger partial charge in [-0.05, 0) is 5.56 Å². The topological polar surface area (TPSA) is 72.9 Å². The molecule has 0 aromatic heterocycles. The Hall–Kier alpha value is -1.92. The molecule has 2 N–H and O–H groups in total. The van der Waals surface area contributed by atoms with E-state index in [1.807, 2.05) is 35.2 Å². The van der Waals surface area contributed by atoms with Gasteiger partial charge in [-0.25, -0.2) is 0 Å². The Kier molecular flexibility index (Phi) is 5.91. The number of amides is 2. The number of benzene rings is 1. The van der Waals surface area contributed by atoms with Crippen LogP contribution in [0.3, 0.4) is 0 Å². The number of nitrogens with zero attached hydrogens (tertiary/aromatic N) is 2. The first kappa shape index (κ1) is 16.5. The molecule has 1 aromatic rings. The zero-order valence-corrected chi connectivity index (χ0v) is 12.9. The molecular formula is C16H23N3O3. The molecule has 22 heavy (non-hydrogen) atoms. The molecule has 0 spiro atoms. The molecule has 2 rings (SSSR count). The van der Waals surface area contributed by atoms with Crippen LogP contribution in [0.4, 0.5) is 0 Å². The molecule has 1 fully saturated rings. The van der Waals surface area contributed by atoms with Crippen LogP contribution in [0.1, 0.15) is 12.0 Å². The van der Waals surface area contributed by atoms with E-state index in [1.54, 1.807) is 7.05 Å². The minimum Gasteiger partial charge on any atom is -0.395 e. The Morgan fingerprint density at radius 2 is 2.14 bits per heavy atom. The first-order valence-electron chi connectivity index (χ1n) is 7.52. The van der Waals surface area contributed by atoms with Gasteiger partial charge in [-0.15, -0.1) is 0 Å². The van der Waals surface area contributed by atoms with Gasteiger partial charge in [0.25, 0.3) is 0 Å². The van der Waals surface area contributed by atoms with Gasteiger partial charge in [-0.2, -0.15) is 0 Å². The SMILES string of the molecule is CN(CCO)C(=O)C[C@H]1C(=O)NCCN1Cc1ccccc1. The Bertz CT molecular complexity index is 507. The first-order valence-corrected chi connectivity index (χ1v) is 7.52. The number of rotatable bonds is 6. The summed E-state index contributed by atoms with van der Waals surface area (Å²) in [6, 6.07) is 9.47. The number of likely N-dealkylation sites (N-methyl/N-ethyl adjacent to an activating group) is 1. The standard InChI is InChI=1S/C16H23N3O3/c1-18(9-10-20)15(21)11-14-16(22)17-7-8-19(14)12-13-5-3-2-4-6-13/h2-6,14,20H,7-12H2,1H3,(H,17,22)/t14-/m0/s1. The minimum atomic E-state index is -0.456. The van der Waals surface area contributed by atoms with E-state index in [0.717, 1.165) is 12.1 Å². The van der Waals surface area contributed by atoms with Crippen LogP contribution in [0.2, 0.25) is 0 Å². The summed E-state index contributed by atoms with van der Waals surface area (Å²) in [5.41, 5.74) is 1.12. The number of hydrogen-bond donors (Lipinski definition) is 2. The zero-order valence-electron chi connectivity index (χ0n) is 12.9. The zero-order chi connectivity index (χ0) is 15.9. The van der Waals surface area contributed by atoms with Gasteiger partial charge in [0.2, 0.25) is 11.8 Å². The highest BCUT2D eigenvalue weighted by atomic mass is 16.3. The van der Waals surface area contributed by atoms with E-state index < -0.39 is 6.04 Å². The molecule has 2 amide bonds. The van der Waals surface area contributed by atoms with Gasteiger partial charge in [-0.3, -0.25) is 14.5 Å². The van der Waals surface area contributed by atoms with Crippen LogP contribution in [0.5, 0.6) is 0 Å². The van der Waals surface area contributed by atoms with E-state index in [9.17, 15) is 9.59 Å². The molecule has 0 bridgehead atoms. The Morgan fingerprint density at radius 3 is 2.82 bits per heavy atom. The van der Waals surface area contributed by atoms with Crippen molar-refractivity contribution in [1.82, 2.24) is 15.1 Å². The predicted molar refractivity (Wildman–Crippen MR) is 83.0 cm³/mol. The van der Waals surface area contributed by atoms with Crippen molar-refractivity contribution >= 4 is 11.8 Å².